The van der Waals surface area contributed by atoms with E-state index in [1.54, 1.807) is 12.1 Å². The van der Waals surface area contributed by atoms with Gasteiger partial charge in [0.1, 0.15) is 0 Å². The maximum absolute atomic E-state index is 12.8. The molecule has 5 heteroatoms. The highest BCUT2D eigenvalue weighted by Crippen LogP contribution is 2.08. The van der Waals surface area contributed by atoms with E-state index in [1.807, 2.05) is 74.4 Å². The van der Waals surface area contributed by atoms with Crippen LogP contribution in [0.3, 0.4) is 0 Å². The zero-order chi connectivity index (χ0) is 19.6. The first-order valence-corrected chi connectivity index (χ1v) is 9.28. The summed E-state index contributed by atoms with van der Waals surface area (Å²) in [6.07, 6.45) is 0.277. The molecule has 0 saturated heterocycles. The van der Waals surface area contributed by atoms with Crippen LogP contribution in [-0.2, 0) is 11.3 Å². The van der Waals surface area contributed by atoms with Crippen LogP contribution in [0.15, 0.2) is 60.7 Å². The standard InChI is InChI=1S/C22H29N3O2/c1-18(23-22(27)20-12-8-5-9-13-20)16-21(26)25(15-14-24(2)3)17-19-10-6-4-7-11-19/h4-13,18H,14-17H2,1-3H3,(H,23,27). The van der Waals surface area contributed by atoms with E-state index in [1.165, 1.54) is 0 Å². The van der Waals surface area contributed by atoms with Crippen LogP contribution in [0.4, 0.5) is 0 Å². The van der Waals surface area contributed by atoms with Crippen LogP contribution in [0.2, 0.25) is 0 Å². The molecule has 2 aromatic carbocycles. The number of likely N-dealkylation sites (N-methyl/N-ethyl adjacent to an activating group) is 1. The fourth-order valence-corrected chi connectivity index (χ4v) is 2.76. The van der Waals surface area contributed by atoms with Crippen molar-refractivity contribution >= 4 is 11.8 Å². The van der Waals surface area contributed by atoms with Gasteiger partial charge in [0.15, 0.2) is 0 Å². The van der Waals surface area contributed by atoms with E-state index in [2.05, 4.69) is 10.2 Å². The van der Waals surface area contributed by atoms with E-state index >= 15 is 0 Å². The summed E-state index contributed by atoms with van der Waals surface area (Å²) in [6.45, 7) is 3.89. The van der Waals surface area contributed by atoms with E-state index in [4.69, 9.17) is 0 Å². The molecule has 2 rings (SSSR count). The number of nitrogens with zero attached hydrogens (tertiary/aromatic N) is 2. The van der Waals surface area contributed by atoms with Gasteiger partial charge in [-0.25, -0.2) is 0 Å². The Bertz CT molecular complexity index is 717. The molecule has 2 aromatic rings. The highest BCUT2D eigenvalue weighted by Gasteiger charge is 2.19. The van der Waals surface area contributed by atoms with Gasteiger partial charge < -0.3 is 15.1 Å². The molecule has 2 amide bonds. The number of amides is 2. The smallest absolute Gasteiger partial charge is 0.251 e. The summed E-state index contributed by atoms with van der Waals surface area (Å²) in [5.74, 6) is -0.111. The monoisotopic (exact) mass is 367 g/mol. The predicted molar refractivity (Wildman–Crippen MR) is 108 cm³/mol. The van der Waals surface area contributed by atoms with Gasteiger partial charge in [-0.1, -0.05) is 48.5 Å². The molecule has 0 heterocycles. The zero-order valence-electron chi connectivity index (χ0n) is 16.4. The van der Waals surface area contributed by atoms with E-state index < -0.39 is 0 Å². The maximum Gasteiger partial charge on any atom is 0.251 e. The fourth-order valence-electron chi connectivity index (χ4n) is 2.76. The predicted octanol–water partition coefficient (Wildman–Crippen LogP) is 2.79. The molecule has 0 fully saturated rings. The minimum absolute atomic E-state index is 0.0431. The summed E-state index contributed by atoms with van der Waals surface area (Å²) in [7, 11) is 3.99. The van der Waals surface area contributed by atoms with Crippen molar-refractivity contribution in [2.24, 2.45) is 0 Å². The van der Waals surface area contributed by atoms with Gasteiger partial charge in [-0.3, -0.25) is 9.59 Å². The van der Waals surface area contributed by atoms with Crippen molar-refractivity contribution in [1.82, 2.24) is 15.1 Å². The lowest BCUT2D eigenvalue weighted by Gasteiger charge is -2.26. The molecule has 0 bridgehead atoms. The van der Waals surface area contributed by atoms with E-state index in [9.17, 15) is 9.59 Å². The lowest BCUT2D eigenvalue weighted by Crippen LogP contribution is -2.41. The Morgan fingerprint density at radius 2 is 1.52 bits per heavy atom. The van der Waals surface area contributed by atoms with Crippen molar-refractivity contribution < 1.29 is 9.59 Å². The second-order valence-electron chi connectivity index (χ2n) is 7.05. The summed E-state index contributed by atoms with van der Waals surface area (Å²) >= 11 is 0. The van der Waals surface area contributed by atoms with Gasteiger partial charge in [-0.2, -0.15) is 0 Å². The average Bonchev–Trinajstić information content (AvgIpc) is 2.66. The van der Waals surface area contributed by atoms with Crippen LogP contribution in [0, 0.1) is 0 Å². The summed E-state index contributed by atoms with van der Waals surface area (Å²) in [5, 5.41) is 2.91. The van der Waals surface area contributed by atoms with Gasteiger partial charge in [0.05, 0.1) is 0 Å². The van der Waals surface area contributed by atoms with Crippen molar-refractivity contribution in [2.45, 2.75) is 25.9 Å². The molecule has 0 aromatic heterocycles. The number of nitrogens with one attached hydrogen (secondary N) is 1. The van der Waals surface area contributed by atoms with Crippen LogP contribution in [-0.4, -0.2) is 54.8 Å². The Hall–Kier alpha value is -2.66. The maximum atomic E-state index is 12.8. The quantitative estimate of drug-likeness (QED) is 0.741. The second kappa shape index (κ2) is 10.5. The summed E-state index contributed by atoms with van der Waals surface area (Å²) in [6, 6.07) is 18.8. The molecule has 1 atom stereocenters. The number of rotatable bonds is 9. The molecular formula is C22H29N3O2. The van der Waals surface area contributed by atoms with Crippen molar-refractivity contribution in [3.05, 3.63) is 71.8 Å². The van der Waals surface area contributed by atoms with E-state index in [0.29, 0.717) is 18.7 Å². The van der Waals surface area contributed by atoms with Crippen LogP contribution in [0.1, 0.15) is 29.3 Å². The zero-order valence-corrected chi connectivity index (χ0v) is 16.4. The van der Waals surface area contributed by atoms with Crippen molar-refractivity contribution in [2.75, 3.05) is 27.2 Å². The molecule has 0 aliphatic heterocycles. The van der Waals surface area contributed by atoms with Gasteiger partial charge in [-0.05, 0) is 38.7 Å². The Labute approximate surface area is 162 Å². The molecule has 1 unspecified atom stereocenters. The van der Waals surface area contributed by atoms with Gasteiger partial charge in [0, 0.05) is 37.7 Å². The number of carbonyl (C=O) groups is 2. The summed E-state index contributed by atoms with van der Waals surface area (Å²) in [5.41, 5.74) is 1.70. The Balaban J connectivity index is 1.95. The minimum Gasteiger partial charge on any atom is -0.349 e. The largest absolute Gasteiger partial charge is 0.349 e. The van der Waals surface area contributed by atoms with Crippen molar-refractivity contribution in [1.29, 1.82) is 0 Å². The molecule has 1 N–H and O–H groups in total. The van der Waals surface area contributed by atoms with Crippen LogP contribution < -0.4 is 5.32 Å². The number of hydrogen-bond acceptors (Lipinski definition) is 3. The van der Waals surface area contributed by atoms with Gasteiger partial charge in [0.2, 0.25) is 5.91 Å². The van der Waals surface area contributed by atoms with E-state index in [-0.39, 0.29) is 24.3 Å². The third kappa shape index (κ3) is 7.23. The number of benzene rings is 2. The topological polar surface area (TPSA) is 52.7 Å². The summed E-state index contributed by atoms with van der Waals surface area (Å²) in [4.78, 5) is 29.0. The van der Waals surface area contributed by atoms with Crippen LogP contribution >= 0.6 is 0 Å². The Morgan fingerprint density at radius 1 is 0.926 bits per heavy atom. The van der Waals surface area contributed by atoms with Crippen LogP contribution in [0.5, 0.6) is 0 Å². The highest BCUT2D eigenvalue weighted by atomic mass is 16.2. The molecule has 0 radical (unpaired) electrons. The fraction of sp³-hybridized carbons (Fsp3) is 0.364. The molecule has 0 aliphatic carbocycles. The average molecular weight is 367 g/mol. The van der Waals surface area contributed by atoms with Crippen molar-refractivity contribution in [3.8, 4) is 0 Å². The Kier molecular flexibility index (Phi) is 8.01. The van der Waals surface area contributed by atoms with Gasteiger partial charge in [0.25, 0.3) is 5.91 Å². The first-order chi connectivity index (χ1) is 13.0. The first-order valence-electron chi connectivity index (χ1n) is 9.28. The first kappa shape index (κ1) is 20.6. The Morgan fingerprint density at radius 3 is 2.11 bits per heavy atom. The molecule has 5 nitrogen and oxygen atoms in total. The molecule has 0 aliphatic rings. The SMILES string of the molecule is CC(CC(=O)N(CCN(C)C)Cc1ccccc1)NC(=O)c1ccccc1. The lowest BCUT2D eigenvalue weighted by atomic mass is 10.1. The third-order valence-electron chi connectivity index (χ3n) is 4.28. The lowest BCUT2D eigenvalue weighted by molar-refractivity contribution is -0.132. The normalized spacial score (nSPS) is 11.9. The molecule has 144 valence electrons. The van der Waals surface area contributed by atoms with E-state index in [0.717, 1.165) is 12.1 Å². The molecule has 0 spiro atoms. The van der Waals surface area contributed by atoms with Crippen LogP contribution in [0.25, 0.3) is 0 Å². The second-order valence-corrected chi connectivity index (χ2v) is 7.05. The summed E-state index contributed by atoms with van der Waals surface area (Å²) < 4.78 is 0. The van der Waals surface area contributed by atoms with Crippen molar-refractivity contribution in [3.63, 3.8) is 0 Å². The number of carbonyl (C=O) groups excluding carboxylic acids is 2. The molecular weight excluding hydrogens is 338 g/mol. The number of hydrogen-bond donors (Lipinski definition) is 1. The molecule has 0 saturated carbocycles. The minimum atomic E-state index is -0.233. The molecule has 27 heavy (non-hydrogen) atoms. The van der Waals surface area contributed by atoms with Gasteiger partial charge in [-0.15, -0.1) is 0 Å². The third-order valence-corrected chi connectivity index (χ3v) is 4.28. The van der Waals surface area contributed by atoms with Gasteiger partial charge >= 0.3 is 0 Å². The highest BCUT2D eigenvalue weighted by molar-refractivity contribution is 5.94.